The van der Waals surface area contributed by atoms with Gasteiger partial charge in [-0.15, -0.1) is 0 Å². The van der Waals surface area contributed by atoms with E-state index in [9.17, 15) is 43.2 Å². The van der Waals surface area contributed by atoms with E-state index >= 15 is 0 Å². The summed E-state index contributed by atoms with van der Waals surface area (Å²) in [7, 11) is -9.87. The third kappa shape index (κ3) is 60.7. The lowest BCUT2D eigenvalue weighted by molar-refractivity contribution is -0.161. The molecule has 19 heteroatoms. The van der Waals surface area contributed by atoms with E-state index in [0.717, 1.165) is 102 Å². The first-order chi connectivity index (χ1) is 41.0. The van der Waals surface area contributed by atoms with E-state index in [1.807, 2.05) is 0 Å². The van der Waals surface area contributed by atoms with Gasteiger partial charge in [0.15, 0.2) is 12.2 Å². The Morgan fingerprint density at radius 3 is 0.800 bits per heavy atom. The van der Waals surface area contributed by atoms with Crippen LogP contribution in [0.5, 0.6) is 0 Å². The number of aliphatic hydroxyl groups excluding tert-OH is 1. The normalized spacial score (nSPS) is 14.2. The van der Waals surface area contributed by atoms with Crippen LogP contribution in [0.15, 0.2) is 0 Å². The van der Waals surface area contributed by atoms with Gasteiger partial charge >= 0.3 is 39.5 Å². The van der Waals surface area contributed by atoms with Crippen molar-refractivity contribution in [2.45, 2.75) is 355 Å². The summed E-state index contributed by atoms with van der Waals surface area (Å²) in [6.45, 7) is 7.06. The molecule has 0 aromatic carbocycles. The highest BCUT2D eigenvalue weighted by Crippen LogP contribution is 2.45. The first-order valence-electron chi connectivity index (χ1n) is 34.6. The van der Waals surface area contributed by atoms with Crippen molar-refractivity contribution in [1.29, 1.82) is 0 Å². The Bertz CT molecular complexity index is 1650. The summed E-state index contributed by atoms with van der Waals surface area (Å²) in [6.07, 6.45) is 45.4. The fraction of sp³-hybridized carbons (Fsp3) is 0.939. The van der Waals surface area contributed by atoms with Gasteiger partial charge in [0.1, 0.15) is 19.3 Å². The predicted molar refractivity (Wildman–Crippen MR) is 340 cm³/mol. The second-order valence-corrected chi connectivity index (χ2v) is 27.2. The molecular weight excluding hydrogens is 1130 g/mol. The lowest BCUT2D eigenvalue weighted by atomic mass is 10.0. The molecule has 0 rings (SSSR count). The number of esters is 4. The Labute approximate surface area is 517 Å². The first-order valence-corrected chi connectivity index (χ1v) is 37.6. The van der Waals surface area contributed by atoms with E-state index in [-0.39, 0.29) is 25.7 Å². The first kappa shape index (κ1) is 83.1. The van der Waals surface area contributed by atoms with Gasteiger partial charge in [0.2, 0.25) is 0 Å². The molecular formula is C66H128O17P2. The van der Waals surface area contributed by atoms with E-state index in [2.05, 4.69) is 34.6 Å². The monoisotopic (exact) mass is 1250 g/mol. The minimum absolute atomic E-state index is 0.0990. The number of hydrogen-bond acceptors (Lipinski definition) is 15. The zero-order chi connectivity index (χ0) is 62.8. The predicted octanol–water partition coefficient (Wildman–Crippen LogP) is 18.6. The SMILES string of the molecule is CCCCCCCCCCCCCCCCCCC(=O)OC[C@H](COP(=O)(O)OC[C@@H](O)COP(=O)(O)OC[C@@H](COC(=O)CCCCCCC)OC(=O)CCCCCCC)OC(=O)CCCCCCCCCCCCCCCCCCC(C)C. The molecule has 3 N–H and O–H groups in total. The summed E-state index contributed by atoms with van der Waals surface area (Å²) >= 11 is 0. The Balaban J connectivity index is 5.07. The van der Waals surface area contributed by atoms with Crippen LogP contribution >= 0.6 is 15.6 Å². The number of ether oxygens (including phenoxy) is 4. The van der Waals surface area contributed by atoms with E-state index in [1.54, 1.807) is 0 Å². The van der Waals surface area contributed by atoms with Crippen LogP contribution in [0, 0.1) is 5.92 Å². The van der Waals surface area contributed by atoms with Crippen LogP contribution in [0.3, 0.4) is 0 Å². The van der Waals surface area contributed by atoms with Gasteiger partial charge in [-0.25, -0.2) is 9.13 Å². The molecule has 504 valence electrons. The fourth-order valence-electron chi connectivity index (χ4n) is 9.94. The number of phosphoric acid groups is 2. The maximum absolute atomic E-state index is 13.0. The summed E-state index contributed by atoms with van der Waals surface area (Å²) in [5.41, 5.74) is 0. The van der Waals surface area contributed by atoms with Crippen molar-refractivity contribution in [2.24, 2.45) is 5.92 Å². The number of hydrogen-bond donors (Lipinski definition) is 3. The molecule has 0 aromatic heterocycles. The molecule has 0 heterocycles. The maximum atomic E-state index is 13.0. The summed E-state index contributed by atoms with van der Waals surface area (Å²) < 4.78 is 67.6. The molecule has 0 spiro atoms. The smallest absolute Gasteiger partial charge is 0.462 e. The lowest BCUT2D eigenvalue weighted by Gasteiger charge is -2.21. The van der Waals surface area contributed by atoms with Gasteiger partial charge < -0.3 is 33.8 Å². The summed E-state index contributed by atoms with van der Waals surface area (Å²) in [5, 5.41) is 10.5. The van der Waals surface area contributed by atoms with Crippen LogP contribution in [-0.4, -0.2) is 96.7 Å². The average Bonchev–Trinajstić information content (AvgIpc) is 3.58. The van der Waals surface area contributed by atoms with Gasteiger partial charge in [-0.05, 0) is 31.6 Å². The van der Waals surface area contributed by atoms with Crippen molar-refractivity contribution in [2.75, 3.05) is 39.6 Å². The highest BCUT2D eigenvalue weighted by atomic mass is 31.2. The third-order valence-corrected chi connectivity index (χ3v) is 17.2. The molecule has 0 aromatic rings. The molecule has 0 bridgehead atoms. The molecule has 85 heavy (non-hydrogen) atoms. The van der Waals surface area contributed by atoms with Crippen molar-refractivity contribution in [3.8, 4) is 0 Å². The van der Waals surface area contributed by atoms with Gasteiger partial charge in [0, 0.05) is 25.7 Å². The molecule has 17 nitrogen and oxygen atoms in total. The Morgan fingerprint density at radius 2 is 0.541 bits per heavy atom. The van der Waals surface area contributed by atoms with Crippen LogP contribution in [0.1, 0.15) is 336 Å². The largest absolute Gasteiger partial charge is 0.472 e. The number of phosphoric ester groups is 2. The molecule has 0 aliphatic heterocycles. The minimum Gasteiger partial charge on any atom is -0.462 e. The number of unbranched alkanes of at least 4 members (excludes halogenated alkanes) is 38. The van der Waals surface area contributed by atoms with Crippen LogP contribution < -0.4 is 0 Å². The number of aliphatic hydroxyl groups is 1. The van der Waals surface area contributed by atoms with E-state index < -0.39 is 97.5 Å². The third-order valence-electron chi connectivity index (χ3n) is 15.3. The zero-order valence-electron chi connectivity index (χ0n) is 54.7. The average molecular weight is 1260 g/mol. The van der Waals surface area contributed by atoms with Crippen molar-refractivity contribution in [3.05, 3.63) is 0 Å². The van der Waals surface area contributed by atoms with Crippen LogP contribution in [-0.2, 0) is 65.4 Å². The molecule has 0 aliphatic rings. The van der Waals surface area contributed by atoms with Crippen molar-refractivity contribution in [1.82, 2.24) is 0 Å². The van der Waals surface area contributed by atoms with Crippen LogP contribution in [0.4, 0.5) is 0 Å². The van der Waals surface area contributed by atoms with Gasteiger partial charge in [0.05, 0.1) is 26.4 Å². The molecule has 2 unspecified atom stereocenters. The number of carbonyl (C=O) groups excluding carboxylic acids is 4. The maximum Gasteiger partial charge on any atom is 0.472 e. The Hall–Kier alpha value is -1.94. The molecule has 0 saturated carbocycles. The number of rotatable bonds is 66. The minimum atomic E-state index is -4.94. The molecule has 0 radical (unpaired) electrons. The number of carbonyl (C=O) groups is 4. The molecule has 5 atom stereocenters. The molecule has 0 aliphatic carbocycles. The molecule has 0 amide bonds. The highest BCUT2D eigenvalue weighted by Gasteiger charge is 2.30. The summed E-state index contributed by atoms with van der Waals surface area (Å²) in [4.78, 5) is 71.8. The molecule has 0 saturated heterocycles. The quantitative estimate of drug-likeness (QED) is 0.0222. The second-order valence-electron chi connectivity index (χ2n) is 24.3. The van der Waals surface area contributed by atoms with Gasteiger partial charge in [-0.3, -0.25) is 37.3 Å². The van der Waals surface area contributed by atoms with E-state index in [1.165, 1.54) is 154 Å². The van der Waals surface area contributed by atoms with Gasteiger partial charge in [-0.2, -0.15) is 0 Å². The topological polar surface area (TPSA) is 237 Å². The summed E-state index contributed by atoms with van der Waals surface area (Å²) in [6, 6.07) is 0. The standard InChI is InChI=1S/C66H128O17P2/c1-6-9-12-15-16-17-18-19-20-24-27-30-33-36-41-45-50-64(69)77-56-62(83-66(71)52-47-42-37-34-31-28-25-22-21-23-26-29-32-35-40-43-48-59(4)5)58-81-85(74,75)79-54-60(67)53-78-84(72,73)80-57-61(82-65(70)51-46-39-14-11-8-3)55-76-63(68)49-44-38-13-10-7-2/h59-62,67H,6-58H2,1-5H3,(H,72,73)(H,74,75)/t60-,61+,62+/m0/s1. The van der Waals surface area contributed by atoms with Crippen molar-refractivity contribution >= 4 is 39.5 Å². The van der Waals surface area contributed by atoms with Gasteiger partial charge in [-0.1, -0.05) is 285 Å². The Kier molecular flexibility index (Phi) is 58.3. The second kappa shape index (κ2) is 59.7. The molecule has 0 fully saturated rings. The van der Waals surface area contributed by atoms with Crippen LogP contribution in [0.2, 0.25) is 0 Å². The summed E-state index contributed by atoms with van der Waals surface area (Å²) in [5.74, 6) is -1.34. The fourth-order valence-corrected chi connectivity index (χ4v) is 11.5. The van der Waals surface area contributed by atoms with Crippen LogP contribution in [0.25, 0.3) is 0 Å². The Morgan fingerprint density at radius 1 is 0.318 bits per heavy atom. The van der Waals surface area contributed by atoms with Crippen molar-refractivity contribution < 1.29 is 80.2 Å². The van der Waals surface area contributed by atoms with E-state index in [4.69, 9.17) is 37.0 Å². The van der Waals surface area contributed by atoms with E-state index in [0.29, 0.717) is 25.7 Å². The zero-order valence-corrected chi connectivity index (χ0v) is 56.5. The highest BCUT2D eigenvalue weighted by molar-refractivity contribution is 7.47. The van der Waals surface area contributed by atoms with Crippen molar-refractivity contribution in [3.63, 3.8) is 0 Å². The lowest BCUT2D eigenvalue weighted by Crippen LogP contribution is -2.30. The van der Waals surface area contributed by atoms with Gasteiger partial charge in [0.25, 0.3) is 0 Å².